The van der Waals surface area contributed by atoms with Crippen LogP contribution in [0.2, 0.25) is 0 Å². The van der Waals surface area contributed by atoms with Crippen LogP contribution in [-0.4, -0.2) is 27.3 Å². The average molecular weight is 337 g/mol. The monoisotopic (exact) mass is 337 g/mol. The Labute approximate surface area is 147 Å². The van der Waals surface area contributed by atoms with Gasteiger partial charge in [-0.3, -0.25) is 9.59 Å². The van der Waals surface area contributed by atoms with Crippen LogP contribution in [0.4, 0.5) is 0 Å². The van der Waals surface area contributed by atoms with Gasteiger partial charge in [-0.25, -0.2) is 4.98 Å². The van der Waals surface area contributed by atoms with Gasteiger partial charge < -0.3 is 9.88 Å². The maximum absolute atomic E-state index is 12.6. The molecule has 25 heavy (non-hydrogen) atoms. The van der Waals surface area contributed by atoms with E-state index in [9.17, 15) is 9.59 Å². The topological polar surface area (TPSA) is 66.1 Å². The summed E-state index contributed by atoms with van der Waals surface area (Å²) in [6.45, 7) is 2.66. The smallest absolute Gasteiger partial charge is 0.254 e. The van der Waals surface area contributed by atoms with Crippen molar-refractivity contribution in [2.24, 2.45) is 5.92 Å². The molecule has 0 radical (unpaired) electrons. The van der Waals surface area contributed by atoms with Crippen LogP contribution in [0.3, 0.4) is 0 Å². The molecular formula is C20H23N3O2. The Morgan fingerprint density at radius 3 is 2.68 bits per heavy atom. The lowest BCUT2D eigenvalue weighted by atomic mass is 10.0. The molecule has 1 amide bonds. The van der Waals surface area contributed by atoms with Crippen molar-refractivity contribution >= 4 is 5.91 Å². The third kappa shape index (κ3) is 3.23. The fraction of sp³-hybridized carbons (Fsp3) is 0.450. The summed E-state index contributed by atoms with van der Waals surface area (Å²) in [7, 11) is 0. The molecule has 1 aliphatic carbocycles. The second kappa shape index (κ2) is 6.47. The second-order valence-electron chi connectivity index (χ2n) is 7.14. The Hall–Kier alpha value is -2.43. The molecule has 4 rings (SSSR count). The van der Waals surface area contributed by atoms with Gasteiger partial charge in [0.15, 0.2) is 0 Å². The SMILES string of the molecule is Cc1nc([C@H]2CCCN2C(=O)C2CC2)[nH]c(=O)c1Cc1ccccc1. The molecule has 1 saturated carbocycles. The fourth-order valence-corrected chi connectivity index (χ4v) is 3.68. The molecule has 2 fully saturated rings. The number of aromatic amines is 1. The van der Waals surface area contributed by atoms with Crippen LogP contribution >= 0.6 is 0 Å². The van der Waals surface area contributed by atoms with Gasteiger partial charge in [0, 0.05) is 30.1 Å². The fourth-order valence-electron chi connectivity index (χ4n) is 3.68. The number of benzene rings is 1. The molecule has 5 nitrogen and oxygen atoms in total. The molecule has 0 unspecified atom stereocenters. The molecule has 1 N–H and O–H groups in total. The summed E-state index contributed by atoms with van der Waals surface area (Å²) in [5, 5.41) is 0. The molecule has 1 aliphatic heterocycles. The van der Waals surface area contributed by atoms with Crippen molar-refractivity contribution in [3.8, 4) is 0 Å². The highest BCUT2D eigenvalue weighted by molar-refractivity contribution is 5.81. The predicted octanol–water partition coefficient (Wildman–Crippen LogP) is 2.74. The van der Waals surface area contributed by atoms with Crippen LogP contribution in [0.1, 0.15) is 54.4 Å². The van der Waals surface area contributed by atoms with E-state index in [1.807, 2.05) is 42.2 Å². The van der Waals surface area contributed by atoms with Crippen LogP contribution in [0.5, 0.6) is 0 Å². The maximum Gasteiger partial charge on any atom is 0.254 e. The van der Waals surface area contributed by atoms with Gasteiger partial charge in [0.2, 0.25) is 5.91 Å². The van der Waals surface area contributed by atoms with E-state index in [1.165, 1.54) is 0 Å². The summed E-state index contributed by atoms with van der Waals surface area (Å²) >= 11 is 0. The number of aryl methyl sites for hydroxylation is 1. The number of hydrogen-bond donors (Lipinski definition) is 1. The first kappa shape index (κ1) is 16.1. The van der Waals surface area contributed by atoms with E-state index in [0.29, 0.717) is 17.8 Å². The van der Waals surface area contributed by atoms with Crippen molar-refractivity contribution in [2.75, 3.05) is 6.54 Å². The number of amides is 1. The number of rotatable bonds is 4. The Balaban J connectivity index is 1.61. The lowest BCUT2D eigenvalue weighted by Gasteiger charge is -2.24. The van der Waals surface area contributed by atoms with Gasteiger partial charge in [0.1, 0.15) is 5.82 Å². The van der Waals surface area contributed by atoms with Crippen LogP contribution < -0.4 is 5.56 Å². The van der Waals surface area contributed by atoms with E-state index in [4.69, 9.17) is 0 Å². The third-order valence-electron chi connectivity index (χ3n) is 5.24. The largest absolute Gasteiger partial charge is 0.332 e. The zero-order valence-corrected chi connectivity index (χ0v) is 14.5. The number of nitrogens with zero attached hydrogens (tertiary/aromatic N) is 2. The van der Waals surface area contributed by atoms with Crippen molar-refractivity contribution < 1.29 is 4.79 Å². The van der Waals surface area contributed by atoms with E-state index in [0.717, 1.165) is 43.5 Å². The van der Waals surface area contributed by atoms with E-state index in [-0.39, 0.29) is 23.4 Å². The van der Waals surface area contributed by atoms with Gasteiger partial charge in [-0.2, -0.15) is 0 Å². The summed E-state index contributed by atoms with van der Waals surface area (Å²) in [4.78, 5) is 34.7. The summed E-state index contributed by atoms with van der Waals surface area (Å²) in [6.07, 6.45) is 4.42. The minimum atomic E-state index is -0.0860. The van der Waals surface area contributed by atoms with Crippen molar-refractivity contribution in [1.82, 2.24) is 14.9 Å². The van der Waals surface area contributed by atoms with Gasteiger partial charge in [-0.05, 0) is 38.2 Å². The van der Waals surface area contributed by atoms with Gasteiger partial charge in [0.25, 0.3) is 5.56 Å². The van der Waals surface area contributed by atoms with Crippen LogP contribution in [0.15, 0.2) is 35.1 Å². The van der Waals surface area contributed by atoms with E-state index < -0.39 is 0 Å². The van der Waals surface area contributed by atoms with Gasteiger partial charge in [0.05, 0.1) is 6.04 Å². The van der Waals surface area contributed by atoms with Crippen molar-refractivity contribution in [2.45, 2.75) is 45.1 Å². The molecule has 2 heterocycles. The summed E-state index contributed by atoms with van der Waals surface area (Å²) < 4.78 is 0. The average Bonchev–Trinajstić information content (AvgIpc) is 3.35. The quantitative estimate of drug-likeness (QED) is 0.933. The Morgan fingerprint density at radius 1 is 1.24 bits per heavy atom. The highest BCUT2D eigenvalue weighted by atomic mass is 16.2. The number of likely N-dealkylation sites (tertiary alicyclic amines) is 1. The number of nitrogens with one attached hydrogen (secondary N) is 1. The normalized spacial score (nSPS) is 20.0. The van der Waals surface area contributed by atoms with E-state index >= 15 is 0 Å². The molecule has 2 aromatic rings. The predicted molar refractivity (Wildman–Crippen MR) is 95.3 cm³/mol. The first-order chi connectivity index (χ1) is 12.1. The maximum atomic E-state index is 12.6. The summed E-state index contributed by atoms with van der Waals surface area (Å²) in [5.41, 5.74) is 2.47. The number of aromatic nitrogens is 2. The third-order valence-corrected chi connectivity index (χ3v) is 5.24. The zero-order valence-electron chi connectivity index (χ0n) is 14.5. The molecule has 1 saturated heterocycles. The molecular weight excluding hydrogens is 314 g/mol. The van der Waals surface area contributed by atoms with E-state index in [2.05, 4.69) is 9.97 Å². The molecule has 5 heteroatoms. The Kier molecular flexibility index (Phi) is 4.15. The standard InChI is InChI=1S/C20H23N3O2/c1-13-16(12-14-6-3-2-4-7-14)19(24)22-18(21-13)17-8-5-11-23(17)20(25)15-9-10-15/h2-4,6-7,15,17H,5,8-12H2,1H3,(H,21,22,24)/t17-/m1/s1. The Morgan fingerprint density at radius 2 is 2.00 bits per heavy atom. The van der Waals surface area contributed by atoms with Gasteiger partial charge in [-0.1, -0.05) is 30.3 Å². The van der Waals surface area contributed by atoms with Crippen molar-refractivity contribution in [3.63, 3.8) is 0 Å². The van der Waals surface area contributed by atoms with Crippen LogP contribution in [-0.2, 0) is 11.2 Å². The lowest BCUT2D eigenvalue weighted by molar-refractivity contribution is -0.133. The number of carbonyl (C=O) groups is 1. The second-order valence-corrected chi connectivity index (χ2v) is 7.14. The molecule has 1 aromatic heterocycles. The summed E-state index contributed by atoms with van der Waals surface area (Å²) in [6, 6.07) is 9.86. The number of hydrogen-bond acceptors (Lipinski definition) is 3. The molecule has 130 valence electrons. The lowest BCUT2D eigenvalue weighted by Crippen LogP contribution is -2.34. The van der Waals surface area contributed by atoms with Crippen molar-refractivity contribution in [1.29, 1.82) is 0 Å². The minimum absolute atomic E-state index is 0.0784. The molecule has 0 spiro atoms. The molecule has 2 aliphatic rings. The Bertz CT molecular complexity index is 840. The number of H-pyrrole nitrogens is 1. The molecule has 1 aromatic carbocycles. The summed E-state index contributed by atoms with van der Waals surface area (Å²) in [5.74, 6) is 1.08. The van der Waals surface area contributed by atoms with Crippen LogP contribution in [0, 0.1) is 12.8 Å². The highest BCUT2D eigenvalue weighted by Crippen LogP contribution is 2.37. The molecule has 1 atom stereocenters. The first-order valence-electron chi connectivity index (χ1n) is 9.07. The highest BCUT2D eigenvalue weighted by Gasteiger charge is 2.39. The van der Waals surface area contributed by atoms with Gasteiger partial charge in [-0.15, -0.1) is 0 Å². The molecule has 0 bridgehead atoms. The first-order valence-corrected chi connectivity index (χ1v) is 9.07. The number of carbonyl (C=O) groups excluding carboxylic acids is 1. The zero-order chi connectivity index (χ0) is 17.4. The van der Waals surface area contributed by atoms with Gasteiger partial charge >= 0.3 is 0 Å². The minimum Gasteiger partial charge on any atom is -0.332 e. The van der Waals surface area contributed by atoms with E-state index in [1.54, 1.807) is 0 Å². The van der Waals surface area contributed by atoms with Crippen molar-refractivity contribution in [3.05, 3.63) is 63.3 Å². The van der Waals surface area contributed by atoms with Crippen LogP contribution in [0.25, 0.3) is 0 Å².